The van der Waals surface area contributed by atoms with E-state index in [9.17, 15) is 14.0 Å². The highest BCUT2D eigenvalue weighted by molar-refractivity contribution is 6.34. The summed E-state index contributed by atoms with van der Waals surface area (Å²) in [5.74, 6) is -1.58. The van der Waals surface area contributed by atoms with E-state index in [-0.39, 0.29) is 29.5 Å². The first-order valence-corrected chi connectivity index (χ1v) is 8.37. The third-order valence-corrected chi connectivity index (χ3v) is 4.55. The van der Waals surface area contributed by atoms with E-state index in [1.165, 1.54) is 24.3 Å². The highest BCUT2D eigenvalue weighted by Gasteiger charge is 2.48. The van der Waals surface area contributed by atoms with Gasteiger partial charge in [-0.25, -0.2) is 4.39 Å². The summed E-state index contributed by atoms with van der Waals surface area (Å²) in [4.78, 5) is 24.6. The van der Waals surface area contributed by atoms with Gasteiger partial charge in [-0.2, -0.15) is 0 Å². The number of amides is 2. The van der Waals surface area contributed by atoms with Crippen molar-refractivity contribution in [2.24, 2.45) is 11.8 Å². The molecule has 0 spiro atoms. The molecule has 0 heterocycles. The number of nitrogens with one attached hydrogen (secondary N) is 2. The van der Waals surface area contributed by atoms with Gasteiger partial charge in [0.25, 0.3) is 0 Å². The first-order valence-electron chi connectivity index (χ1n) is 7.99. The molecule has 2 N–H and O–H groups in total. The fourth-order valence-electron chi connectivity index (χ4n) is 2.83. The van der Waals surface area contributed by atoms with Crippen molar-refractivity contribution in [1.82, 2.24) is 0 Å². The van der Waals surface area contributed by atoms with Crippen molar-refractivity contribution < 1.29 is 14.0 Å². The van der Waals surface area contributed by atoms with Gasteiger partial charge in [-0.15, -0.1) is 0 Å². The molecule has 6 heteroatoms. The molecule has 0 saturated heterocycles. The van der Waals surface area contributed by atoms with Crippen LogP contribution in [-0.4, -0.2) is 11.8 Å². The molecular formula is C19H18ClFN2O2. The Labute approximate surface area is 150 Å². The maximum atomic E-state index is 12.9. The Morgan fingerprint density at radius 2 is 1.64 bits per heavy atom. The summed E-state index contributed by atoms with van der Waals surface area (Å²) in [6, 6.07) is 9.24. The Kier molecular flexibility index (Phi) is 4.77. The Hall–Kier alpha value is -2.40. The molecule has 1 aliphatic carbocycles. The van der Waals surface area contributed by atoms with E-state index in [0.29, 0.717) is 22.8 Å². The minimum absolute atomic E-state index is 0.215. The van der Waals surface area contributed by atoms with Crippen LogP contribution in [0.4, 0.5) is 15.8 Å². The second-order valence-electron chi connectivity index (χ2n) is 6.37. The average Bonchev–Trinajstić information content (AvgIpc) is 3.33. The van der Waals surface area contributed by atoms with Crippen molar-refractivity contribution in [2.75, 3.05) is 10.6 Å². The zero-order valence-corrected chi connectivity index (χ0v) is 14.7. The van der Waals surface area contributed by atoms with E-state index >= 15 is 0 Å². The molecule has 1 aliphatic rings. The average molecular weight is 361 g/mol. The minimum Gasteiger partial charge on any atom is -0.326 e. The summed E-state index contributed by atoms with van der Waals surface area (Å²) in [5, 5.41) is 6.01. The Balaban J connectivity index is 1.60. The smallest absolute Gasteiger partial charge is 0.228 e. The summed E-state index contributed by atoms with van der Waals surface area (Å²) in [6.45, 7) is 3.81. The minimum atomic E-state index is -0.380. The molecule has 0 aliphatic heterocycles. The van der Waals surface area contributed by atoms with Gasteiger partial charge in [0.05, 0.1) is 22.5 Å². The number of hydrogen-bond acceptors (Lipinski definition) is 2. The van der Waals surface area contributed by atoms with Crippen LogP contribution in [-0.2, 0) is 9.59 Å². The van der Waals surface area contributed by atoms with Gasteiger partial charge >= 0.3 is 0 Å². The summed E-state index contributed by atoms with van der Waals surface area (Å²) in [5.41, 5.74) is 2.99. The zero-order chi connectivity index (χ0) is 18.1. The van der Waals surface area contributed by atoms with Crippen molar-refractivity contribution in [1.29, 1.82) is 0 Å². The van der Waals surface area contributed by atoms with Crippen LogP contribution < -0.4 is 10.6 Å². The fourth-order valence-corrected chi connectivity index (χ4v) is 3.20. The van der Waals surface area contributed by atoms with Crippen LogP contribution >= 0.6 is 11.6 Å². The molecule has 0 bridgehead atoms. The molecule has 2 aromatic rings. The highest BCUT2D eigenvalue weighted by atomic mass is 35.5. The van der Waals surface area contributed by atoms with Crippen LogP contribution in [0.25, 0.3) is 0 Å². The molecule has 25 heavy (non-hydrogen) atoms. The molecule has 0 aromatic heterocycles. The van der Waals surface area contributed by atoms with Crippen molar-refractivity contribution in [3.8, 4) is 0 Å². The topological polar surface area (TPSA) is 58.2 Å². The van der Waals surface area contributed by atoms with E-state index in [0.717, 1.165) is 11.1 Å². The van der Waals surface area contributed by atoms with E-state index < -0.39 is 0 Å². The second kappa shape index (κ2) is 6.84. The van der Waals surface area contributed by atoms with Crippen molar-refractivity contribution in [3.63, 3.8) is 0 Å². The largest absolute Gasteiger partial charge is 0.326 e. The highest BCUT2D eigenvalue weighted by Crippen LogP contribution is 2.41. The van der Waals surface area contributed by atoms with Crippen molar-refractivity contribution >= 4 is 34.8 Å². The number of anilines is 2. The summed E-state index contributed by atoms with van der Waals surface area (Å²) < 4.78 is 12.9. The summed E-state index contributed by atoms with van der Waals surface area (Å²) in [7, 11) is 0. The van der Waals surface area contributed by atoms with Gasteiger partial charge in [0.15, 0.2) is 0 Å². The Morgan fingerprint density at radius 1 is 1.04 bits per heavy atom. The maximum Gasteiger partial charge on any atom is 0.228 e. The SMILES string of the molecule is Cc1cc(C)c(NC(=O)C2CC2C(=O)Nc2ccc(F)cc2)c(Cl)c1. The Morgan fingerprint density at radius 3 is 2.24 bits per heavy atom. The number of rotatable bonds is 4. The van der Waals surface area contributed by atoms with Gasteiger partial charge in [0.1, 0.15) is 5.82 Å². The number of aryl methyl sites for hydroxylation is 2. The quantitative estimate of drug-likeness (QED) is 0.853. The normalized spacial score (nSPS) is 18.6. The molecule has 2 aromatic carbocycles. The Bertz CT molecular complexity index is 813. The van der Waals surface area contributed by atoms with Crippen LogP contribution in [0.2, 0.25) is 5.02 Å². The van der Waals surface area contributed by atoms with E-state index in [1.54, 1.807) is 6.07 Å². The summed E-state index contributed by atoms with van der Waals surface area (Å²) >= 11 is 6.20. The van der Waals surface area contributed by atoms with Gasteiger partial charge in [-0.1, -0.05) is 17.7 Å². The molecule has 4 nitrogen and oxygen atoms in total. The van der Waals surface area contributed by atoms with Gasteiger partial charge in [-0.3, -0.25) is 9.59 Å². The predicted molar refractivity (Wildman–Crippen MR) is 96.2 cm³/mol. The number of hydrogen-bond donors (Lipinski definition) is 2. The molecular weight excluding hydrogens is 343 g/mol. The fraction of sp³-hybridized carbons (Fsp3) is 0.263. The predicted octanol–water partition coefficient (Wildman–Crippen LogP) is 4.31. The van der Waals surface area contributed by atoms with Crippen molar-refractivity contribution in [2.45, 2.75) is 20.3 Å². The van der Waals surface area contributed by atoms with Crippen LogP contribution in [0.3, 0.4) is 0 Å². The van der Waals surface area contributed by atoms with Gasteiger partial charge in [0.2, 0.25) is 11.8 Å². The van der Waals surface area contributed by atoms with Crippen LogP contribution in [0.1, 0.15) is 17.5 Å². The van der Waals surface area contributed by atoms with Gasteiger partial charge in [0, 0.05) is 5.69 Å². The second-order valence-corrected chi connectivity index (χ2v) is 6.78. The first kappa shape index (κ1) is 17.4. The lowest BCUT2D eigenvalue weighted by molar-refractivity contribution is -0.122. The molecule has 1 saturated carbocycles. The lowest BCUT2D eigenvalue weighted by Crippen LogP contribution is -2.21. The van der Waals surface area contributed by atoms with Crippen LogP contribution in [0, 0.1) is 31.5 Å². The maximum absolute atomic E-state index is 12.9. The molecule has 2 atom stereocenters. The third-order valence-electron chi connectivity index (χ3n) is 4.26. The summed E-state index contributed by atoms with van der Waals surface area (Å²) in [6.07, 6.45) is 0.487. The number of benzene rings is 2. The molecule has 2 unspecified atom stereocenters. The molecule has 2 amide bonds. The number of carbonyl (C=O) groups excluding carboxylic acids is 2. The molecule has 130 valence electrons. The van der Waals surface area contributed by atoms with Crippen molar-refractivity contribution in [3.05, 3.63) is 58.4 Å². The number of halogens is 2. The third kappa shape index (κ3) is 3.99. The molecule has 3 rings (SSSR count). The standard InChI is InChI=1S/C19H18ClFN2O2/c1-10-7-11(2)17(16(20)8-10)23-19(25)15-9-14(15)18(24)22-13-5-3-12(21)4-6-13/h3-8,14-15H,9H2,1-2H3,(H,22,24)(H,23,25). The first-order chi connectivity index (χ1) is 11.8. The zero-order valence-electron chi connectivity index (χ0n) is 13.9. The van der Waals surface area contributed by atoms with E-state index in [1.807, 2.05) is 19.9 Å². The lowest BCUT2D eigenvalue weighted by Gasteiger charge is -2.11. The molecule has 1 fully saturated rings. The number of carbonyl (C=O) groups is 2. The lowest BCUT2D eigenvalue weighted by atomic mass is 10.1. The molecule has 0 radical (unpaired) electrons. The van der Waals surface area contributed by atoms with E-state index in [4.69, 9.17) is 11.6 Å². The van der Waals surface area contributed by atoms with E-state index in [2.05, 4.69) is 10.6 Å². The van der Waals surface area contributed by atoms with Gasteiger partial charge in [-0.05, 0) is 61.7 Å². The van der Waals surface area contributed by atoms with Crippen LogP contribution in [0.15, 0.2) is 36.4 Å². The van der Waals surface area contributed by atoms with Gasteiger partial charge < -0.3 is 10.6 Å². The monoisotopic (exact) mass is 360 g/mol. The van der Waals surface area contributed by atoms with Crippen LogP contribution in [0.5, 0.6) is 0 Å².